The molecule has 0 atom stereocenters. The zero-order chi connectivity index (χ0) is 16.4. The van der Waals surface area contributed by atoms with Gasteiger partial charge in [-0.15, -0.1) is 0 Å². The quantitative estimate of drug-likeness (QED) is 0.795. The third kappa shape index (κ3) is 3.25. The third-order valence-corrected chi connectivity index (χ3v) is 5.72. The Hall–Kier alpha value is -1.32. The molecule has 0 unspecified atom stereocenters. The molecule has 0 amide bonds. The molecule has 1 N–H and O–H groups in total. The van der Waals surface area contributed by atoms with Crippen LogP contribution in [0.15, 0.2) is 24.3 Å². The number of nitrogens with zero attached hydrogens (tertiary/aromatic N) is 2. The van der Waals surface area contributed by atoms with E-state index in [2.05, 4.69) is 22.1 Å². The molecule has 4 heteroatoms. The third-order valence-electron chi connectivity index (χ3n) is 5.47. The van der Waals surface area contributed by atoms with Gasteiger partial charge in [-0.05, 0) is 37.9 Å². The first-order valence-electron chi connectivity index (χ1n) is 9.40. The van der Waals surface area contributed by atoms with Crippen molar-refractivity contribution >= 4 is 11.6 Å². The Labute approximate surface area is 149 Å². The molecule has 4 rings (SSSR count). The van der Waals surface area contributed by atoms with Gasteiger partial charge in [0.25, 0.3) is 0 Å². The Morgan fingerprint density at radius 1 is 0.958 bits per heavy atom. The molecule has 1 aromatic heterocycles. The van der Waals surface area contributed by atoms with E-state index < -0.39 is 0 Å². The highest BCUT2D eigenvalue weighted by molar-refractivity contribution is 6.30. The minimum atomic E-state index is 0.554. The number of nitrogens with one attached hydrogen (secondary N) is 1. The number of hydrogen-bond acceptors (Lipinski definition) is 2. The SMILES string of the molecule is Clc1ccc(-c2c3c(nn2C2CCCCCC2)CCNCC3)cc1. The summed E-state index contributed by atoms with van der Waals surface area (Å²) in [5, 5.41) is 9.42. The van der Waals surface area contributed by atoms with Crippen LogP contribution in [0.5, 0.6) is 0 Å². The van der Waals surface area contributed by atoms with E-state index in [-0.39, 0.29) is 0 Å². The topological polar surface area (TPSA) is 29.9 Å². The van der Waals surface area contributed by atoms with Gasteiger partial charge in [0.15, 0.2) is 0 Å². The van der Waals surface area contributed by atoms with Gasteiger partial charge in [0.2, 0.25) is 0 Å². The summed E-state index contributed by atoms with van der Waals surface area (Å²) in [7, 11) is 0. The number of fused-ring (bicyclic) bond motifs is 1. The second kappa shape index (κ2) is 7.28. The van der Waals surface area contributed by atoms with Crippen LogP contribution < -0.4 is 5.32 Å². The lowest BCUT2D eigenvalue weighted by Gasteiger charge is -2.19. The first-order valence-corrected chi connectivity index (χ1v) is 9.77. The van der Waals surface area contributed by atoms with Crippen LogP contribution in [-0.4, -0.2) is 22.9 Å². The van der Waals surface area contributed by atoms with Crippen LogP contribution >= 0.6 is 11.6 Å². The van der Waals surface area contributed by atoms with Crippen LogP contribution in [0.2, 0.25) is 5.02 Å². The molecule has 0 bridgehead atoms. The van der Waals surface area contributed by atoms with Crippen molar-refractivity contribution in [3.05, 3.63) is 40.5 Å². The van der Waals surface area contributed by atoms with Crippen molar-refractivity contribution in [2.45, 2.75) is 57.4 Å². The van der Waals surface area contributed by atoms with Gasteiger partial charge in [-0.2, -0.15) is 5.10 Å². The van der Waals surface area contributed by atoms with Gasteiger partial charge in [0.1, 0.15) is 0 Å². The summed E-state index contributed by atoms with van der Waals surface area (Å²) in [6, 6.07) is 8.87. The minimum Gasteiger partial charge on any atom is -0.316 e. The van der Waals surface area contributed by atoms with Crippen molar-refractivity contribution in [1.29, 1.82) is 0 Å². The Balaban J connectivity index is 1.81. The van der Waals surface area contributed by atoms with Crippen molar-refractivity contribution in [2.75, 3.05) is 13.1 Å². The fourth-order valence-corrected chi connectivity index (χ4v) is 4.33. The van der Waals surface area contributed by atoms with Crippen LogP contribution in [0.4, 0.5) is 0 Å². The number of benzene rings is 1. The van der Waals surface area contributed by atoms with E-state index >= 15 is 0 Å². The fourth-order valence-electron chi connectivity index (χ4n) is 4.20. The van der Waals surface area contributed by atoms with E-state index in [9.17, 15) is 0 Å². The Morgan fingerprint density at radius 2 is 1.67 bits per heavy atom. The summed E-state index contributed by atoms with van der Waals surface area (Å²) in [5.74, 6) is 0. The molecule has 128 valence electrons. The summed E-state index contributed by atoms with van der Waals surface area (Å²) in [6.07, 6.45) is 10.0. The molecule has 1 aliphatic carbocycles. The monoisotopic (exact) mass is 343 g/mol. The molecule has 1 fully saturated rings. The average Bonchev–Trinajstić information content (AvgIpc) is 2.82. The zero-order valence-corrected chi connectivity index (χ0v) is 15.0. The van der Waals surface area contributed by atoms with Crippen LogP contribution in [0, 0.1) is 0 Å². The van der Waals surface area contributed by atoms with Crippen molar-refractivity contribution in [2.24, 2.45) is 0 Å². The van der Waals surface area contributed by atoms with E-state index in [0.717, 1.165) is 31.0 Å². The fraction of sp³-hybridized carbons (Fsp3) is 0.550. The van der Waals surface area contributed by atoms with Gasteiger partial charge in [0, 0.05) is 29.1 Å². The normalized spacial score (nSPS) is 19.5. The van der Waals surface area contributed by atoms with E-state index in [0.29, 0.717) is 6.04 Å². The van der Waals surface area contributed by atoms with Crippen molar-refractivity contribution in [3.63, 3.8) is 0 Å². The lowest BCUT2D eigenvalue weighted by Crippen LogP contribution is -2.18. The predicted octanol–water partition coefficient (Wildman–Crippen LogP) is 4.79. The molecule has 2 aromatic rings. The van der Waals surface area contributed by atoms with Crippen LogP contribution in [0.3, 0.4) is 0 Å². The summed E-state index contributed by atoms with van der Waals surface area (Å²) in [5.41, 5.74) is 5.36. The lowest BCUT2D eigenvalue weighted by molar-refractivity contribution is 0.406. The Morgan fingerprint density at radius 3 is 2.42 bits per heavy atom. The van der Waals surface area contributed by atoms with Gasteiger partial charge < -0.3 is 5.32 Å². The molecule has 1 aliphatic heterocycles. The first-order chi connectivity index (χ1) is 11.8. The highest BCUT2D eigenvalue weighted by Crippen LogP contribution is 2.35. The van der Waals surface area contributed by atoms with Crippen LogP contribution in [0.25, 0.3) is 11.3 Å². The molecule has 24 heavy (non-hydrogen) atoms. The molecule has 0 spiro atoms. The van der Waals surface area contributed by atoms with Gasteiger partial charge in [-0.25, -0.2) is 0 Å². The number of halogens is 1. The van der Waals surface area contributed by atoms with Gasteiger partial charge in [0.05, 0.1) is 17.4 Å². The maximum absolute atomic E-state index is 6.12. The van der Waals surface area contributed by atoms with E-state index in [1.54, 1.807) is 0 Å². The van der Waals surface area contributed by atoms with E-state index in [1.165, 1.54) is 61.0 Å². The highest BCUT2D eigenvalue weighted by atomic mass is 35.5. The van der Waals surface area contributed by atoms with Gasteiger partial charge >= 0.3 is 0 Å². The van der Waals surface area contributed by atoms with Crippen LogP contribution in [0.1, 0.15) is 55.8 Å². The molecule has 2 heterocycles. The molecular formula is C20H26ClN3. The second-order valence-electron chi connectivity index (χ2n) is 7.12. The molecule has 1 aromatic carbocycles. The van der Waals surface area contributed by atoms with Crippen molar-refractivity contribution in [3.8, 4) is 11.3 Å². The number of rotatable bonds is 2. The first kappa shape index (κ1) is 16.2. The smallest absolute Gasteiger partial charge is 0.0720 e. The lowest BCUT2D eigenvalue weighted by atomic mass is 10.0. The molecule has 3 nitrogen and oxygen atoms in total. The molecular weight excluding hydrogens is 318 g/mol. The summed E-state index contributed by atoms with van der Waals surface area (Å²) < 4.78 is 2.38. The standard InChI is InChI=1S/C20H26ClN3/c21-16-9-7-15(8-10-16)20-18-11-13-22-14-12-19(18)23-24(20)17-5-3-1-2-4-6-17/h7-10,17,22H,1-6,11-14H2. The van der Waals surface area contributed by atoms with Crippen molar-refractivity contribution in [1.82, 2.24) is 15.1 Å². The largest absolute Gasteiger partial charge is 0.316 e. The number of aromatic nitrogens is 2. The zero-order valence-electron chi connectivity index (χ0n) is 14.2. The Bertz CT molecular complexity index is 682. The molecule has 1 saturated carbocycles. The van der Waals surface area contributed by atoms with Gasteiger partial charge in [-0.3, -0.25) is 4.68 Å². The van der Waals surface area contributed by atoms with Crippen LogP contribution in [-0.2, 0) is 12.8 Å². The second-order valence-corrected chi connectivity index (χ2v) is 7.56. The molecule has 0 saturated heterocycles. The van der Waals surface area contributed by atoms with Crippen molar-refractivity contribution < 1.29 is 0 Å². The minimum absolute atomic E-state index is 0.554. The average molecular weight is 344 g/mol. The highest BCUT2D eigenvalue weighted by Gasteiger charge is 2.25. The predicted molar refractivity (Wildman–Crippen MR) is 99.7 cm³/mol. The maximum Gasteiger partial charge on any atom is 0.0720 e. The Kier molecular flexibility index (Phi) is 4.91. The maximum atomic E-state index is 6.12. The molecule has 2 aliphatic rings. The summed E-state index contributed by atoms with van der Waals surface area (Å²) >= 11 is 6.12. The van der Waals surface area contributed by atoms with Gasteiger partial charge in [-0.1, -0.05) is 49.4 Å². The van der Waals surface area contributed by atoms with E-state index in [1.807, 2.05) is 12.1 Å². The molecule has 0 radical (unpaired) electrons. The summed E-state index contributed by atoms with van der Waals surface area (Å²) in [6.45, 7) is 2.08. The summed E-state index contributed by atoms with van der Waals surface area (Å²) in [4.78, 5) is 0. The number of hydrogen-bond donors (Lipinski definition) is 1. The van der Waals surface area contributed by atoms with E-state index in [4.69, 9.17) is 16.7 Å².